The number of nitrogens with one attached hydrogen (secondary N) is 2. The number of aliphatic imine (C=N–C) groups is 1. The second-order valence-electron chi connectivity index (χ2n) is 8.48. The molecule has 0 aromatic carbocycles. The van der Waals surface area contributed by atoms with Crippen molar-refractivity contribution in [2.24, 2.45) is 10.9 Å². The molecule has 0 aromatic heterocycles. The van der Waals surface area contributed by atoms with E-state index in [4.69, 9.17) is 9.73 Å². The number of piperidine rings is 2. The molecule has 8 nitrogen and oxygen atoms in total. The molecule has 2 heterocycles. The van der Waals surface area contributed by atoms with E-state index < -0.39 is 0 Å². The maximum atomic E-state index is 11.9. The third-order valence-electron chi connectivity index (χ3n) is 5.96. The highest BCUT2D eigenvalue weighted by Crippen LogP contribution is 2.17. The number of amides is 1. The first-order valence-corrected chi connectivity index (χ1v) is 11.2. The van der Waals surface area contributed by atoms with Crippen molar-refractivity contribution in [3.63, 3.8) is 0 Å². The highest BCUT2D eigenvalue weighted by molar-refractivity contribution is 14.0. The molecule has 0 saturated carbocycles. The molecule has 2 aliphatic heterocycles. The number of likely N-dealkylation sites (N-methyl/N-ethyl adjacent to an activating group) is 1. The van der Waals surface area contributed by atoms with Gasteiger partial charge in [-0.05, 0) is 51.6 Å². The third kappa shape index (κ3) is 10.1. The number of hydrogen-bond acceptors (Lipinski definition) is 5. The number of likely N-dealkylation sites (tertiary alicyclic amines) is 2. The van der Waals surface area contributed by atoms with Gasteiger partial charge in [-0.1, -0.05) is 0 Å². The van der Waals surface area contributed by atoms with Crippen LogP contribution >= 0.6 is 24.0 Å². The second kappa shape index (κ2) is 15.2. The van der Waals surface area contributed by atoms with Crippen LogP contribution in [0.25, 0.3) is 0 Å². The average Bonchev–Trinajstić information content (AvgIpc) is 2.72. The summed E-state index contributed by atoms with van der Waals surface area (Å²) < 4.78 is 5.18. The van der Waals surface area contributed by atoms with Crippen molar-refractivity contribution >= 4 is 35.8 Å². The first-order chi connectivity index (χ1) is 14.0. The SMILES string of the molecule is CCNC(=NCC1CCN(CCOC)CC1)NC1CCN(CC(=O)N(C)C)CC1.I. The van der Waals surface area contributed by atoms with Crippen LogP contribution in [-0.2, 0) is 9.53 Å². The molecule has 30 heavy (non-hydrogen) atoms. The summed E-state index contributed by atoms with van der Waals surface area (Å²) in [6.45, 7) is 10.5. The van der Waals surface area contributed by atoms with Crippen molar-refractivity contribution in [1.82, 2.24) is 25.3 Å². The molecule has 0 atom stereocenters. The topological polar surface area (TPSA) is 72.4 Å². The maximum Gasteiger partial charge on any atom is 0.236 e. The van der Waals surface area contributed by atoms with E-state index in [1.54, 1.807) is 12.0 Å². The zero-order chi connectivity index (χ0) is 21.1. The summed E-state index contributed by atoms with van der Waals surface area (Å²) in [5, 5.41) is 7.02. The van der Waals surface area contributed by atoms with Crippen molar-refractivity contribution in [2.45, 2.75) is 38.6 Å². The predicted molar refractivity (Wildman–Crippen MR) is 134 cm³/mol. The van der Waals surface area contributed by atoms with Gasteiger partial charge in [0, 0.05) is 60.0 Å². The van der Waals surface area contributed by atoms with E-state index in [-0.39, 0.29) is 29.9 Å². The summed E-state index contributed by atoms with van der Waals surface area (Å²) in [7, 11) is 5.41. The Hall–Kier alpha value is -0.650. The molecule has 0 bridgehead atoms. The minimum Gasteiger partial charge on any atom is -0.383 e. The van der Waals surface area contributed by atoms with Gasteiger partial charge in [0.1, 0.15) is 0 Å². The zero-order valence-corrected chi connectivity index (χ0v) is 21.7. The van der Waals surface area contributed by atoms with Crippen LogP contribution < -0.4 is 10.6 Å². The molecular weight excluding hydrogens is 495 g/mol. The molecule has 0 unspecified atom stereocenters. The Labute approximate surface area is 200 Å². The number of carbonyl (C=O) groups is 1. The van der Waals surface area contributed by atoms with Crippen molar-refractivity contribution < 1.29 is 9.53 Å². The van der Waals surface area contributed by atoms with Gasteiger partial charge in [0.15, 0.2) is 5.96 Å². The van der Waals surface area contributed by atoms with E-state index in [0.717, 1.165) is 71.2 Å². The van der Waals surface area contributed by atoms with Gasteiger partial charge >= 0.3 is 0 Å². The van der Waals surface area contributed by atoms with Gasteiger partial charge < -0.3 is 25.2 Å². The van der Waals surface area contributed by atoms with Crippen LogP contribution in [0.15, 0.2) is 4.99 Å². The van der Waals surface area contributed by atoms with Crippen LogP contribution in [0.3, 0.4) is 0 Å². The van der Waals surface area contributed by atoms with Crippen LogP contribution in [-0.4, -0.2) is 113 Å². The lowest BCUT2D eigenvalue weighted by Crippen LogP contribution is -2.50. The molecule has 0 aliphatic carbocycles. The van der Waals surface area contributed by atoms with Crippen LogP contribution in [0.5, 0.6) is 0 Å². The van der Waals surface area contributed by atoms with E-state index >= 15 is 0 Å². The van der Waals surface area contributed by atoms with Gasteiger partial charge in [0.05, 0.1) is 13.2 Å². The molecule has 0 aromatic rings. The largest absolute Gasteiger partial charge is 0.383 e. The molecule has 0 radical (unpaired) electrons. The van der Waals surface area contributed by atoms with Crippen LogP contribution in [0.1, 0.15) is 32.6 Å². The van der Waals surface area contributed by atoms with E-state index in [0.29, 0.717) is 18.5 Å². The van der Waals surface area contributed by atoms with Crippen molar-refractivity contribution in [2.75, 3.05) is 80.2 Å². The van der Waals surface area contributed by atoms with Gasteiger partial charge in [0.25, 0.3) is 0 Å². The minimum absolute atomic E-state index is 0. The van der Waals surface area contributed by atoms with Gasteiger partial charge in [-0.2, -0.15) is 0 Å². The Morgan fingerprint density at radius 3 is 2.30 bits per heavy atom. The van der Waals surface area contributed by atoms with E-state index in [1.807, 2.05) is 14.1 Å². The molecule has 2 saturated heterocycles. The lowest BCUT2D eigenvalue weighted by atomic mass is 9.97. The molecule has 176 valence electrons. The molecule has 9 heteroatoms. The lowest BCUT2D eigenvalue weighted by Gasteiger charge is -2.33. The highest BCUT2D eigenvalue weighted by Gasteiger charge is 2.23. The quantitative estimate of drug-likeness (QED) is 0.260. The number of nitrogens with zero attached hydrogens (tertiary/aromatic N) is 4. The predicted octanol–water partition coefficient (Wildman–Crippen LogP) is 1.07. The smallest absolute Gasteiger partial charge is 0.236 e. The Kier molecular flexibility index (Phi) is 13.9. The fourth-order valence-electron chi connectivity index (χ4n) is 3.91. The Morgan fingerprint density at radius 2 is 1.73 bits per heavy atom. The van der Waals surface area contributed by atoms with Gasteiger partial charge in [0.2, 0.25) is 5.91 Å². The number of rotatable bonds is 9. The summed E-state index contributed by atoms with van der Waals surface area (Å²) >= 11 is 0. The number of hydrogen-bond donors (Lipinski definition) is 2. The lowest BCUT2D eigenvalue weighted by molar-refractivity contribution is -0.130. The number of halogens is 1. The molecule has 1 amide bonds. The van der Waals surface area contributed by atoms with Crippen LogP contribution in [0.2, 0.25) is 0 Å². The van der Waals surface area contributed by atoms with Gasteiger partial charge in [-0.15, -0.1) is 24.0 Å². The Balaban J connectivity index is 0.00000450. The summed E-state index contributed by atoms with van der Waals surface area (Å²) in [6.07, 6.45) is 4.52. The number of carbonyl (C=O) groups excluding carboxylic acids is 1. The standard InChI is InChI=1S/C21H42N6O2.HI/c1-5-22-21(23-16-18-6-10-26(11-7-18)14-15-29-4)24-19-8-12-27(13-9-19)17-20(28)25(2)3;/h18-19H,5-17H2,1-4H3,(H2,22,23,24);1H. The molecule has 0 spiro atoms. The molecule has 2 N–H and O–H groups in total. The maximum absolute atomic E-state index is 11.9. The minimum atomic E-state index is 0. The highest BCUT2D eigenvalue weighted by atomic mass is 127. The Bertz CT molecular complexity index is 504. The number of guanidine groups is 1. The molecular formula is C21H43IN6O2. The van der Waals surface area contributed by atoms with E-state index in [1.165, 1.54) is 12.8 Å². The zero-order valence-electron chi connectivity index (χ0n) is 19.4. The third-order valence-corrected chi connectivity index (χ3v) is 5.96. The second-order valence-corrected chi connectivity index (χ2v) is 8.48. The summed E-state index contributed by atoms with van der Waals surface area (Å²) in [5.41, 5.74) is 0. The first-order valence-electron chi connectivity index (χ1n) is 11.2. The van der Waals surface area contributed by atoms with E-state index in [9.17, 15) is 4.79 Å². The number of methoxy groups -OCH3 is 1. The van der Waals surface area contributed by atoms with Gasteiger partial charge in [-0.3, -0.25) is 14.7 Å². The summed E-state index contributed by atoms with van der Waals surface area (Å²) in [4.78, 5) is 23.2. The van der Waals surface area contributed by atoms with E-state index in [2.05, 4.69) is 27.4 Å². The number of ether oxygens (including phenoxy) is 1. The van der Waals surface area contributed by atoms with Crippen LogP contribution in [0.4, 0.5) is 0 Å². The summed E-state index contributed by atoms with van der Waals surface area (Å²) in [6, 6.07) is 0.425. The fourth-order valence-corrected chi connectivity index (χ4v) is 3.91. The summed E-state index contributed by atoms with van der Waals surface area (Å²) in [5.74, 6) is 1.79. The van der Waals surface area contributed by atoms with Gasteiger partial charge in [-0.25, -0.2) is 0 Å². The molecule has 2 rings (SSSR count). The first kappa shape index (κ1) is 27.4. The molecule has 2 fully saturated rings. The average molecular weight is 539 g/mol. The monoisotopic (exact) mass is 538 g/mol. The normalized spacial score (nSPS) is 19.9. The van der Waals surface area contributed by atoms with Crippen molar-refractivity contribution in [3.05, 3.63) is 0 Å². The van der Waals surface area contributed by atoms with Crippen molar-refractivity contribution in [3.8, 4) is 0 Å². The Morgan fingerprint density at radius 1 is 1.10 bits per heavy atom. The molecule has 2 aliphatic rings. The van der Waals surface area contributed by atoms with Crippen LogP contribution in [0, 0.1) is 5.92 Å². The fraction of sp³-hybridized carbons (Fsp3) is 0.905. The van der Waals surface area contributed by atoms with Crippen molar-refractivity contribution in [1.29, 1.82) is 0 Å².